The van der Waals surface area contributed by atoms with Crippen molar-refractivity contribution in [1.82, 2.24) is 5.43 Å². The second-order valence-corrected chi connectivity index (χ2v) is 5.96. The molecule has 0 aliphatic carbocycles. The summed E-state index contributed by atoms with van der Waals surface area (Å²) in [5.74, 6) is -0.358. The molecule has 156 valence electrons. The molecule has 0 saturated heterocycles. The zero-order chi connectivity index (χ0) is 21.3. The molecule has 0 fully saturated rings. The van der Waals surface area contributed by atoms with E-state index in [9.17, 15) is 22.4 Å². The van der Waals surface area contributed by atoms with Gasteiger partial charge in [0.15, 0.2) is 0 Å². The largest absolute Gasteiger partial charge is 0.494 e. The summed E-state index contributed by atoms with van der Waals surface area (Å²) < 4.78 is 59.4. The third-order valence-corrected chi connectivity index (χ3v) is 3.65. The maximum Gasteiger partial charge on any atom is 0.461 e. The molecule has 2 rings (SSSR count). The molecule has 1 amide bonds. The summed E-state index contributed by atoms with van der Waals surface area (Å²) in [6.45, 7) is 2.72. The number of nitrogens with zero attached hydrogens (tertiary/aromatic N) is 1. The Kier molecular flexibility index (Phi) is 7.99. The van der Waals surface area contributed by atoms with Crippen LogP contribution in [0.2, 0.25) is 0 Å². The minimum absolute atomic E-state index is 0.0922. The van der Waals surface area contributed by atoms with Crippen LogP contribution in [0.4, 0.5) is 17.6 Å². The van der Waals surface area contributed by atoms with Crippen LogP contribution in [0.15, 0.2) is 53.6 Å². The molecule has 29 heavy (non-hydrogen) atoms. The third kappa shape index (κ3) is 7.10. The van der Waals surface area contributed by atoms with Gasteiger partial charge in [-0.1, -0.05) is 13.3 Å². The van der Waals surface area contributed by atoms with E-state index in [1.165, 1.54) is 6.21 Å². The molecule has 9 heteroatoms. The number of hydrogen-bond acceptors (Lipinski definition) is 4. The first-order chi connectivity index (χ1) is 13.8. The van der Waals surface area contributed by atoms with E-state index in [0.717, 1.165) is 48.4 Å². The molecular formula is C20H20F4N2O3. The highest BCUT2D eigenvalue weighted by Crippen LogP contribution is 2.27. The third-order valence-electron chi connectivity index (χ3n) is 3.65. The smallest absolute Gasteiger partial charge is 0.461 e. The molecule has 1 N–H and O–H groups in total. The van der Waals surface area contributed by atoms with Crippen molar-refractivity contribution in [3.8, 4) is 11.5 Å². The van der Waals surface area contributed by atoms with Gasteiger partial charge in [-0.3, -0.25) is 4.79 Å². The second kappa shape index (κ2) is 10.4. The molecule has 0 heterocycles. The van der Waals surface area contributed by atoms with E-state index in [1.54, 1.807) is 24.3 Å². The topological polar surface area (TPSA) is 59.9 Å². The highest BCUT2D eigenvalue weighted by atomic mass is 19.3. The monoisotopic (exact) mass is 412 g/mol. The van der Waals surface area contributed by atoms with Crippen molar-refractivity contribution in [2.45, 2.75) is 32.3 Å². The zero-order valence-electron chi connectivity index (χ0n) is 15.6. The number of hydrogen-bond donors (Lipinski definition) is 1. The van der Waals surface area contributed by atoms with Crippen molar-refractivity contribution in [2.75, 3.05) is 6.61 Å². The van der Waals surface area contributed by atoms with Crippen LogP contribution in [0, 0.1) is 0 Å². The molecule has 0 spiro atoms. The first-order valence-corrected chi connectivity index (χ1v) is 8.83. The fourth-order valence-electron chi connectivity index (χ4n) is 2.09. The Morgan fingerprint density at radius 1 is 1.10 bits per heavy atom. The standard InChI is InChI=1S/C20H20F4N2O3/c1-2-3-12-28-16-8-4-14(5-9-16)13-25-26-18(27)15-6-10-17(11-7-15)29-20(23,24)19(21)22/h4-11,13,19H,2-3,12H2,1H3,(H,26,27)/b25-13+. The number of rotatable bonds is 10. The number of amides is 1. The summed E-state index contributed by atoms with van der Waals surface area (Å²) in [7, 11) is 0. The predicted octanol–water partition coefficient (Wildman–Crippen LogP) is 4.87. The first kappa shape index (κ1) is 22.2. The maximum absolute atomic E-state index is 12.8. The fraction of sp³-hybridized carbons (Fsp3) is 0.300. The number of nitrogens with one attached hydrogen (secondary N) is 1. The minimum Gasteiger partial charge on any atom is -0.494 e. The number of ether oxygens (including phenoxy) is 2. The summed E-state index contributed by atoms with van der Waals surface area (Å²) in [5.41, 5.74) is 3.10. The van der Waals surface area contributed by atoms with Gasteiger partial charge in [-0.2, -0.15) is 22.7 Å². The molecule has 0 aromatic heterocycles. The molecule has 0 aliphatic rings. The molecule has 2 aromatic carbocycles. The second-order valence-electron chi connectivity index (χ2n) is 5.96. The lowest BCUT2D eigenvalue weighted by atomic mass is 10.2. The molecule has 0 unspecified atom stereocenters. The number of unbranched alkanes of at least 4 members (excludes halogenated alkanes) is 1. The lowest BCUT2D eigenvalue weighted by Gasteiger charge is -2.16. The van der Waals surface area contributed by atoms with Gasteiger partial charge in [-0.15, -0.1) is 0 Å². The van der Waals surface area contributed by atoms with E-state index in [4.69, 9.17) is 4.74 Å². The fourth-order valence-corrected chi connectivity index (χ4v) is 2.09. The summed E-state index contributed by atoms with van der Waals surface area (Å²) in [5, 5.41) is 3.81. The predicted molar refractivity (Wildman–Crippen MR) is 99.9 cm³/mol. The number of hydrazone groups is 1. The Bertz CT molecular complexity index is 809. The van der Waals surface area contributed by atoms with Crippen molar-refractivity contribution in [1.29, 1.82) is 0 Å². The van der Waals surface area contributed by atoms with Gasteiger partial charge < -0.3 is 9.47 Å². The number of alkyl halides is 4. The number of carbonyl (C=O) groups excluding carboxylic acids is 1. The van der Waals surface area contributed by atoms with Crippen LogP contribution in [0.5, 0.6) is 11.5 Å². The average Bonchev–Trinajstić information content (AvgIpc) is 2.69. The Morgan fingerprint density at radius 3 is 2.31 bits per heavy atom. The zero-order valence-corrected chi connectivity index (χ0v) is 15.6. The van der Waals surface area contributed by atoms with Gasteiger partial charge in [-0.25, -0.2) is 5.43 Å². The normalized spacial score (nSPS) is 11.7. The van der Waals surface area contributed by atoms with Gasteiger partial charge >= 0.3 is 12.5 Å². The van der Waals surface area contributed by atoms with Gasteiger partial charge in [0.2, 0.25) is 0 Å². The van der Waals surface area contributed by atoms with Crippen LogP contribution in [-0.4, -0.2) is 31.3 Å². The average molecular weight is 412 g/mol. The van der Waals surface area contributed by atoms with E-state index in [2.05, 4.69) is 22.2 Å². The van der Waals surface area contributed by atoms with Gasteiger partial charge in [-0.05, 0) is 60.5 Å². The van der Waals surface area contributed by atoms with Crippen molar-refractivity contribution >= 4 is 12.1 Å². The minimum atomic E-state index is -4.61. The van der Waals surface area contributed by atoms with Crippen molar-refractivity contribution in [2.24, 2.45) is 5.10 Å². The molecule has 2 aromatic rings. The number of carbonyl (C=O) groups is 1. The molecule has 0 aliphatic heterocycles. The van der Waals surface area contributed by atoms with Crippen LogP contribution in [0.3, 0.4) is 0 Å². The van der Waals surface area contributed by atoms with E-state index in [0.29, 0.717) is 6.61 Å². The van der Waals surface area contributed by atoms with Gasteiger partial charge in [0, 0.05) is 5.56 Å². The summed E-state index contributed by atoms with van der Waals surface area (Å²) in [6.07, 6.45) is -5.13. The maximum atomic E-state index is 12.8. The molecule has 0 bridgehead atoms. The van der Waals surface area contributed by atoms with E-state index < -0.39 is 24.2 Å². The molecule has 0 radical (unpaired) electrons. The lowest BCUT2D eigenvalue weighted by Crippen LogP contribution is -2.33. The van der Waals surface area contributed by atoms with E-state index >= 15 is 0 Å². The molecule has 0 atom stereocenters. The molecule has 5 nitrogen and oxygen atoms in total. The van der Waals surface area contributed by atoms with Gasteiger partial charge in [0.1, 0.15) is 11.5 Å². The Balaban J connectivity index is 1.87. The van der Waals surface area contributed by atoms with Crippen LogP contribution in [0.1, 0.15) is 35.7 Å². The van der Waals surface area contributed by atoms with Crippen molar-refractivity contribution < 1.29 is 31.8 Å². The van der Waals surface area contributed by atoms with Crippen LogP contribution < -0.4 is 14.9 Å². The summed E-state index contributed by atoms with van der Waals surface area (Å²) >= 11 is 0. The summed E-state index contributed by atoms with van der Waals surface area (Å²) in [4.78, 5) is 12.0. The lowest BCUT2D eigenvalue weighted by molar-refractivity contribution is -0.253. The quantitative estimate of drug-likeness (QED) is 0.262. The SMILES string of the molecule is CCCCOc1ccc(/C=N/NC(=O)c2ccc(OC(F)(F)C(F)F)cc2)cc1. The highest BCUT2D eigenvalue weighted by molar-refractivity contribution is 5.95. The van der Waals surface area contributed by atoms with E-state index in [-0.39, 0.29) is 5.56 Å². The van der Waals surface area contributed by atoms with Gasteiger partial charge in [0.05, 0.1) is 12.8 Å². The molecular weight excluding hydrogens is 392 g/mol. The van der Waals surface area contributed by atoms with Crippen LogP contribution in [-0.2, 0) is 0 Å². The Labute approximate surface area is 165 Å². The summed E-state index contributed by atoms with van der Waals surface area (Å²) in [6, 6.07) is 11.4. The highest BCUT2D eigenvalue weighted by Gasteiger charge is 2.43. The first-order valence-electron chi connectivity index (χ1n) is 8.83. The van der Waals surface area contributed by atoms with Gasteiger partial charge in [0.25, 0.3) is 5.91 Å². The van der Waals surface area contributed by atoms with Crippen molar-refractivity contribution in [3.63, 3.8) is 0 Å². The van der Waals surface area contributed by atoms with Crippen LogP contribution >= 0.6 is 0 Å². The Morgan fingerprint density at radius 2 is 1.72 bits per heavy atom. The molecule has 0 saturated carbocycles. The number of halogens is 4. The Hall–Kier alpha value is -3.10. The number of benzene rings is 2. The van der Waals surface area contributed by atoms with Crippen molar-refractivity contribution in [3.05, 3.63) is 59.7 Å². The van der Waals surface area contributed by atoms with E-state index in [1.807, 2.05) is 0 Å². The van der Waals surface area contributed by atoms with Crippen LogP contribution in [0.25, 0.3) is 0 Å².